The van der Waals surface area contributed by atoms with E-state index in [9.17, 15) is 24.0 Å². The van der Waals surface area contributed by atoms with E-state index in [4.69, 9.17) is 0 Å². The fourth-order valence-corrected chi connectivity index (χ4v) is 2.42. The van der Waals surface area contributed by atoms with Crippen molar-refractivity contribution in [3.8, 4) is 0 Å². The molecule has 0 saturated carbocycles. The average Bonchev–Trinajstić information content (AvgIpc) is 2.30. The molecule has 0 radical (unpaired) electrons. The lowest BCUT2D eigenvalue weighted by molar-refractivity contribution is -0.151. The van der Waals surface area contributed by atoms with Gasteiger partial charge in [0.05, 0.1) is 0 Å². The molecule has 0 aromatic rings. The number of barbiturate groups is 1. The zero-order valence-electron chi connectivity index (χ0n) is 11.1. The second-order valence-electron chi connectivity index (χ2n) is 5.19. The Bertz CT molecular complexity index is 513. The van der Waals surface area contributed by atoms with Crippen molar-refractivity contribution in [1.29, 1.82) is 0 Å². The van der Waals surface area contributed by atoms with Crippen LogP contribution in [0.4, 0.5) is 4.79 Å². The maximum absolute atomic E-state index is 12.3. The fraction of sp³-hybridized carbons (Fsp3) is 0.583. The standard InChI is InChI=1S/C12H15N3O5/c1-5(2)8-10(18)14-12(20)15(11(8)19)6-3-4-7(16)13-9(6)17/h5-6,8H,3-4H2,1-2H3,(H,13,16,17)(H,14,18,20). The lowest BCUT2D eigenvalue weighted by Crippen LogP contribution is -2.65. The largest absolute Gasteiger partial charge is 0.331 e. The molecule has 20 heavy (non-hydrogen) atoms. The van der Waals surface area contributed by atoms with E-state index in [2.05, 4.69) is 10.6 Å². The first-order valence-corrected chi connectivity index (χ1v) is 6.34. The molecule has 2 rings (SSSR count). The summed E-state index contributed by atoms with van der Waals surface area (Å²) in [7, 11) is 0. The Hall–Kier alpha value is -2.25. The maximum atomic E-state index is 12.3. The summed E-state index contributed by atoms with van der Waals surface area (Å²) in [6.45, 7) is 3.36. The molecule has 2 atom stereocenters. The average molecular weight is 281 g/mol. The number of piperidine rings is 1. The highest BCUT2D eigenvalue weighted by atomic mass is 16.2. The first kappa shape index (κ1) is 14.2. The molecule has 2 aliphatic rings. The molecule has 8 heteroatoms. The highest BCUT2D eigenvalue weighted by Crippen LogP contribution is 2.23. The van der Waals surface area contributed by atoms with E-state index in [1.807, 2.05) is 0 Å². The van der Waals surface area contributed by atoms with Crippen molar-refractivity contribution in [2.24, 2.45) is 11.8 Å². The van der Waals surface area contributed by atoms with Crippen molar-refractivity contribution < 1.29 is 24.0 Å². The van der Waals surface area contributed by atoms with Crippen LogP contribution in [0.15, 0.2) is 0 Å². The van der Waals surface area contributed by atoms with Crippen LogP contribution in [0.2, 0.25) is 0 Å². The lowest BCUT2D eigenvalue weighted by atomic mass is 9.90. The van der Waals surface area contributed by atoms with Gasteiger partial charge >= 0.3 is 6.03 Å². The van der Waals surface area contributed by atoms with E-state index in [0.29, 0.717) is 0 Å². The van der Waals surface area contributed by atoms with Gasteiger partial charge in [0, 0.05) is 6.42 Å². The molecule has 2 unspecified atom stereocenters. The molecule has 2 heterocycles. The van der Waals surface area contributed by atoms with Crippen molar-refractivity contribution in [2.75, 3.05) is 0 Å². The maximum Gasteiger partial charge on any atom is 0.331 e. The Morgan fingerprint density at radius 1 is 1.05 bits per heavy atom. The second kappa shape index (κ2) is 5.03. The molecule has 6 amide bonds. The lowest BCUT2D eigenvalue weighted by Gasteiger charge is -2.37. The molecule has 0 aromatic carbocycles. The molecule has 8 nitrogen and oxygen atoms in total. The summed E-state index contributed by atoms with van der Waals surface area (Å²) in [6, 6.07) is -1.96. The SMILES string of the molecule is CC(C)C1C(=O)NC(=O)N(C2CCC(=O)NC2=O)C1=O. The fourth-order valence-electron chi connectivity index (χ4n) is 2.42. The van der Waals surface area contributed by atoms with E-state index < -0.39 is 41.6 Å². The Balaban J connectivity index is 2.28. The number of hydrogen-bond acceptors (Lipinski definition) is 5. The smallest absolute Gasteiger partial charge is 0.295 e. The van der Waals surface area contributed by atoms with E-state index >= 15 is 0 Å². The topological polar surface area (TPSA) is 113 Å². The van der Waals surface area contributed by atoms with E-state index in [1.54, 1.807) is 13.8 Å². The molecule has 0 bridgehead atoms. The number of imide groups is 3. The van der Waals surface area contributed by atoms with Gasteiger partial charge in [0.15, 0.2) is 0 Å². The van der Waals surface area contributed by atoms with Crippen LogP contribution >= 0.6 is 0 Å². The van der Waals surface area contributed by atoms with Crippen molar-refractivity contribution in [2.45, 2.75) is 32.7 Å². The molecule has 0 aliphatic carbocycles. The van der Waals surface area contributed by atoms with E-state index in [1.165, 1.54) is 0 Å². The quantitative estimate of drug-likeness (QED) is 0.505. The first-order chi connectivity index (χ1) is 9.32. The minimum atomic E-state index is -1.05. The predicted molar refractivity (Wildman–Crippen MR) is 64.9 cm³/mol. The molecule has 0 aromatic heterocycles. The van der Waals surface area contributed by atoms with Crippen LogP contribution in [0.3, 0.4) is 0 Å². The number of rotatable bonds is 2. The normalized spacial score (nSPS) is 27.8. The third-order valence-corrected chi connectivity index (χ3v) is 3.42. The van der Waals surface area contributed by atoms with Gasteiger partial charge in [-0.3, -0.25) is 34.7 Å². The Labute approximate surface area is 114 Å². The van der Waals surface area contributed by atoms with Gasteiger partial charge in [-0.05, 0) is 12.3 Å². The zero-order chi connectivity index (χ0) is 15.0. The summed E-state index contributed by atoms with van der Waals surface area (Å²) < 4.78 is 0. The molecule has 2 aliphatic heterocycles. The van der Waals surface area contributed by atoms with Crippen LogP contribution in [0.25, 0.3) is 0 Å². The Morgan fingerprint density at radius 2 is 1.70 bits per heavy atom. The molecule has 108 valence electrons. The number of nitrogens with one attached hydrogen (secondary N) is 2. The van der Waals surface area contributed by atoms with Crippen molar-refractivity contribution in [1.82, 2.24) is 15.5 Å². The van der Waals surface area contributed by atoms with Gasteiger partial charge in [0.1, 0.15) is 12.0 Å². The van der Waals surface area contributed by atoms with Crippen molar-refractivity contribution >= 4 is 29.7 Å². The second-order valence-corrected chi connectivity index (χ2v) is 5.19. The highest BCUT2D eigenvalue weighted by Gasteiger charge is 2.47. The number of amides is 6. The minimum Gasteiger partial charge on any atom is -0.295 e. The summed E-state index contributed by atoms with van der Waals surface area (Å²) in [5, 5.41) is 4.17. The first-order valence-electron chi connectivity index (χ1n) is 6.34. The predicted octanol–water partition coefficient (Wildman–Crippen LogP) is -0.858. The minimum absolute atomic E-state index is 0.0494. The van der Waals surface area contributed by atoms with Crippen LogP contribution < -0.4 is 10.6 Å². The zero-order valence-corrected chi connectivity index (χ0v) is 11.1. The van der Waals surface area contributed by atoms with Gasteiger partial charge in [-0.25, -0.2) is 4.79 Å². The summed E-state index contributed by atoms with van der Waals surface area (Å²) >= 11 is 0. The van der Waals surface area contributed by atoms with Gasteiger partial charge in [-0.15, -0.1) is 0 Å². The molecule has 2 saturated heterocycles. The van der Waals surface area contributed by atoms with Gasteiger partial charge < -0.3 is 0 Å². The van der Waals surface area contributed by atoms with Crippen LogP contribution in [0.1, 0.15) is 26.7 Å². The van der Waals surface area contributed by atoms with Gasteiger partial charge in [0.2, 0.25) is 23.6 Å². The van der Waals surface area contributed by atoms with Crippen LogP contribution in [0, 0.1) is 11.8 Å². The number of carbonyl (C=O) groups is 5. The molecular formula is C12H15N3O5. The third kappa shape index (κ3) is 2.28. The van der Waals surface area contributed by atoms with Crippen molar-refractivity contribution in [3.05, 3.63) is 0 Å². The third-order valence-electron chi connectivity index (χ3n) is 3.42. The summed E-state index contributed by atoms with van der Waals surface area (Å²) in [6.07, 6.45) is 0.122. The van der Waals surface area contributed by atoms with E-state index in [0.717, 1.165) is 4.90 Å². The Kier molecular flexibility index (Phi) is 3.56. The monoisotopic (exact) mass is 281 g/mol. The molecular weight excluding hydrogens is 266 g/mol. The summed E-state index contributed by atoms with van der Waals surface area (Å²) in [5.74, 6) is -3.78. The van der Waals surface area contributed by atoms with E-state index in [-0.39, 0.29) is 18.8 Å². The van der Waals surface area contributed by atoms with Crippen molar-refractivity contribution in [3.63, 3.8) is 0 Å². The van der Waals surface area contributed by atoms with Gasteiger partial charge in [-0.1, -0.05) is 13.8 Å². The van der Waals surface area contributed by atoms with Gasteiger partial charge in [0.25, 0.3) is 0 Å². The molecule has 2 fully saturated rings. The number of hydrogen-bond donors (Lipinski definition) is 2. The number of carbonyl (C=O) groups excluding carboxylic acids is 5. The number of nitrogens with zero attached hydrogens (tertiary/aromatic N) is 1. The van der Waals surface area contributed by atoms with Gasteiger partial charge in [-0.2, -0.15) is 0 Å². The van der Waals surface area contributed by atoms with Crippen LogP contribution in [0.5, 0.6) is 0 Å². The van der Waals surface area contributed by atoms with Crippen LogP contribution in [-0.2, 0) is 19.2 Å². The highest BCUT2D eigenvalue weighted by molar-refractivity contribution is 6.18. The summed E-state index contributed by atoms with van der Waals surface area (Å²) in [4.78, 5) is 59.4. The molecule has 2 N–H and O–H groups in total. The number of urea groups is 1. The van der Waals surface area contributed by atoms with Crippen LogP contribution in [-0.4, -0.2) is 40.6 Å². The Morgan fingerprint density at radius 3 is 2.25 bits per heavy atom. The summed E-state index contributed by atoms with van der Waals surface area (Å²) in [5.41, 5.74) is 0. The molecule has 0 spiro atoms.